The van der Waals surface area contributed by atoms with Gasteiger partial charge < -0.3 is 19.5 Å². The summed E-state index contributed by atoms with van der Waals surface area (Å²) in [6, 6.07) is 18.3. The molecule has 1 N–H and O–H groups in total. The maximum absolute atomic E-state index is 12.5. The fourth-order valence-corrected chi connectivity index (χ4v) is 3.38. The fraction of sp³-hybridized carbons (Fsp3) is 0.231. The molecule has 0 spiro atoms. The summed E-state index contributed by atoms with van der Waals surface area (Å²) in [4.78, 5) is 24.6. The number of nitrogens with one attached hydrogen (secondary N) is 1. The minimum Gasteiger partial charge on any atom is -0.493 e. The second-order valence-electron chi connectivity index (χ2n) is 7.82. The highest BCUT2D eigenvalue weighted by Crippen LogP contribution is 2.40. The molecule has 1 aromatic heterocycles. The third-order valence-corrected chi connectivity index (χ3v) is 5.23. The maximum atomic E-state index is 12.5. The van der Waals surface area contributed by atoms with Crippen molar-refractivity contribution in [1.29, 1.82) is 5.26 Å². The molecule has 1 amide bonds. The van der Waals surface area contributed by atoms with Gasteiger partial charge in [-0.05, 0) is 48.7 Å². The number of nitriles is 1. The van der Waals surface area contributed by atoms with E-state index in [0.29, 0.717) is 28.8 Å². The number of amides is 1. The van der Waals surface area contributed by atoms with Crippen LogP contribution in [0.3, 0.4) is 0 Å². The SMILES string of the molecule is COc1cc(/C=C/C(=O)OCC(=O)Nc2cc(C3CC3)nn2-c2ccccc2)ccc1OCC#N. The summed E-state index contributed by atoms with van der Waals surface area (Å²) in [5.74, 6) is 0.663. The molecule has 0 saturated heterocycles. The lowest BCUT2D eigenvalue weighted by Crippen LogP contribution is -2.21. The normalized spacial score (nSPS) is 12.7. The van der Waals surface area contributed by atoms with Crippen molar-refractivity contribution >= 4 is 23.8 Å². The van der Waals surface area contributed by atoms with Crippen LogP contribution in [0.2, 0.25) is 0 Å². The predicted molar refractivity (Wildman–Crippen MR) is 128 cm³/mol. The summed E-state index contributed by atoms with van der Waals surface area (Å²) >= 11 is 0. The van der Waals surface area contributed by atoms with Crippen molar-refractivity contribution in [3.8, 4) is 23.3 Å². The first-order chi connectivity index (χ1) is 17.1. The van der Waals surface area contributed by atoms with Gasteiger partial charge in [0.15, 0.2) is 24.7 Å². The van der Waals surface area contributed by atoms with Crippen molar-refractivity contribution < 1.29 is 23.8 Å². The van der Waals surface area contributed by atoms with E-state index in [2.05, 4.69) is 10.4 Å². The average Bonchev–Trinajstić information content (AvgIpc) is 3.66. The molecule has 9 heteroatoms. The van der Waals surface area contributed by atoms with E-state index in [1.54, 1.807) is 22.9 Å². The van der Waals surface area contributed by atoms with Crippen LogP contribution in [0.1, 0.15) is 30.0 Å². The van der Waals surface area contributed by atoms with Crippen molar-refractivity contribution in [2.24, 2.45) is 0 Å². The minimum atomic E-state index is -0.667. The molecule has 0 atom stereocenters. The van der Waals surface area contributed by atoms with E-state index in [0.717, 1.165) is 24.2 Å². The minimum absolute atomic E-state index is 0.103. The van der Waals surface area contributed by atoms with Crippen LogP contribution in [-0.2, 0) is 14.3 Å². The first-order valence-corrected chi connectivity index (χ1v) is 11.0. The van der Waals surface area contributed by atoms with Gasteiger partial charge in [-0.25, -0.2) is 9.48 Å². The molecule has 1 aliphatic rings. The molecule has 9 nitrogen and oxygen atoms in total. The summed E-state index contributed by atoms with van der Waals surface area (Å²) in [5.41, 5.74) is 2.42. The third kappa shape index (κ3) is 6.26. The van der Waals surface area contributed by atoms with Gasteiger partial charge in [-0.3, -0.25) is 4.79 Å². The van der Waals surface area contributed by atoms with Crippen LogP contribution in [-0.4, -0.2) is 42.0 Å². The number of para-hydroxylation sites is 1. The van der Waals surface area contributed by atoms with Gasteiger partial charge in [-0.15, -0.1) is 0 Å². The largest absolute Gasteiger partial charge is 0.493 e. The van der Waals surface area contributed by atoms with Gasteiger partial charge in [-0.1, -0.05) is 24.3 Å². The van der Waals surface area contributed by atoms with Crippen LogP contribution in [0.5, 0.6) is 11.5 Å². The molecule has 1 heterocycles. The Bertz CT molecular complexity index is 1270. The molecule has 0 bridgehead atoms. The van der Waals surface area contributed by atoms with Crippen molar-refractivity contribution in [1.82, 2.24) is 9.78 Å². The van der Waals surface area contributed by atoms with E-state index in [1.807, 2.05) is 42.5 Å². The number of carbonyl (C=O) groups is 2. The molecule has 0 aliphatic heterocycles. The number of benzene rings is 2. The molecule has 1 fully saturated rings. The number of carbonyl (C=O) groups excluding carboxylic acids is 2. The van der Waals surface area contributed by atoms with Gasteiger partial charge in [0.25, 0.3) is 5.91 Å². The Morgan fingerprint density at radius 3 is 2.69 bits per heavy atom. The summed E-state index contributed by atoms with van der Waals surface area (Å²) in [6.45, 7) is -0.542. The second-order valence-corrected chi connectivity index (χ2v) is 7.82. The molecule has 2 aromatic carbocycles. The average molecular weight is 473 g/mol. The van der Waals surface area contributed by atoms with Gasteiger partial charge in [-0.2, -0.15) is 10.4 Å². The number of hydrogen-bond donors (Lipinski definition) is 1. The topological polar surface area (TPSA) is 115 Å². The maximum Gasteiger partial charge on any atom is 0.331 e. The molecule has 4 rings (SSSR count). The highest BCUT2D eigenvalue weighted by atomic mass is 16.5. The van der Waals surface area contributed by atoms with E-state index in [9.17, 15) is 9.59 Å². The molecule has 1 saturated carbocycles. The first-order valence-electron chi connectivity index (χ1n) is 11.0. The molecular formula is C26H24N4O5. The Kier molecular flexibility index (Phi) is 7.43. The number of hydrogen-bond acceptors (Lipinski definition) is 7. The summed E-state index contributed by atoms with van der Waals surface area (Å²) in [5, 5.41) is 16.1. The number of ether oxygens (including phenoxy) is 3. The van der Waals surface area contributed by atoms with Gasteiger partial charge in [0.2, 0.25) is 0 Å². The molecule has 3 aromatic rings. The van der Waals surface area contributed by atoms with Crippen molar-refractivity contribution in [2.45, 2.75) is 18.8 Å². The standard InChI is InChI=1S/C26H24N4O5/c1-33-23-15-18(7-11-22(23)34-14-13-27)8-12-26(32)35-17-25(31)28-24-16-21(19-9-10-19)29-30(24)20-5-3-2-4-6-20/h2-8,11-12,15-16,19H,9-10,14,17H2,1H3,(H,28,31)/b12-8+. The Labute approximate surface area is 202 Å². The van der Waals surface area contributed by atoms with E-state index in [-0.39, 0.29) is 6.61 Å². The Morgan fingerprint density at radius 2 is 1.97 bits per heavy atom. The van der Waals surface area contributed by atoms with E-state index in [4.69, 9.17) is 19.5 Å². The smallest absolute Gasteiger partial charge is 0.331 e. The van der Waals surface area contributed by atoms with E-state index < -0.39 is 18.5 Å². The van der Waals surface area contributed by atoms with Gasteiger partial charge in [0.05, 0.1) is 18.5 Å². The van der Waals surface area contributed by atoms with Crippen LogP contribution in [0.15, 0.2) is 60.7 Å². The molecular weight excluding hydrogens is 448 g/mol. The second kappa shape index (κ2) is 11.0. The molecule has 0 radical (unpaired) electrons. The number of methoxy groups -OCH3 is 1. The van der Waals surface area contributed by atoms with Crippen LogP contribution >= 0.6 is 0 Å². The monoisotopic (exact) mass is 472 g/mol. The molecule has 35 heavy (non-hydrogen) atoms. The van der Waals surface area contributed by atoms with Crippen molar-refractivity contribution in [3.05, 3.63) is 71.9 Å². The zero-order valence-electron chi connectivity index (χ0n) is 19.1. The number of anilines is 1. The van der Waals surface area contributed by atoms with Crippen LogP contribution in [0, 0.1) is 11.3 Å². The van der Waals surface area contributed by atoms with Crippen LogP contribution in [0.4, 0.5) is 5.82 Å². The predicted octanol–water partition coefficient (Wildman–Crippen LogP) is 3.86. The Balaban J connectivity index is 1.34. The van der Waals surface area contributed by atoms with Crippen LogP contribution in [0.25, 0.3) is 11.8 Å². The number of esters is 1. The first kappa shape index (κ1) is 23.6. The zero-order valence-corrected chi connectivity index (χ0v) is 19.1. The zero-order chi connectivity index (χ0) is 24.6. The highest BCUT2D eigenvalue weighted by Gasteiger charge is 2.28. The van der Waals surface area contributed by atoms with Crippen molar-refractivity contribution in [2.75, 3.05) is 25.6 Å². The third-order valence-electron chi connectivity index (χ3n) is 5.23. The lowest BCUT2D eigenvalue weighted by atomic mass is 10.2. The van der Waals surface area contributed by atoms with E-state index in [1.165, 1.54) is 19.3 Å². The summed E-state index contributed by atoms with van der Waals surface area (Å²) in [7, 11) is 1.48. The molecule has 178 valence electrons. The Hall–Kier alpha value is -4.58. The number of aromatic nitrogens is 2. The highest BCUT2D eigenvalue weighted by molar-refractivity contribution is 5.94. The quantitative estimate of drug-likeness (QED) is 0.352. The molecule has 0 unspecified atom stereocenters. The Morgan fingerprint density at radius 1 is 1.17 bits per heavy atom. The van der Waals surface area contributed by atoms with Gasteiger partial charge >= 0.3 is 5.97 Å². The molecule has 1 aliphatic carbocycles. The van der Waals surface area contributed by atoms with E-state index >= 15 is 0 Å². The van der Waals surface area contributed by atoms with Crippen LogP contribution < -0.4 is 14.8 Å². The van der Waals surface area contributed by atoms with Gasteiger partial charge in [0.1, 0.15) is 11.9 Å². The number of rotatable bonds is 10. The summed E-state index contributed by atoms with van der Waals surface area (Å²) < 4.78 is 17.3. The summed E-state index contributed by atoms with van der Waals surface area (Å²) in [6.07, 6.45) is 4.93. The lowest BCUT2D eigenvalue weighted by Gasteiger charge is -2.09. The lowest BCUT2D eigenvalue weighted by molar-refractivity contribution is -0.142. The van der Waals surface area contributed by atoms with Crippen molar-refractivity contribution in [3.63, 3.8) is 0 Å². The fourth-order valence-electron chi connectivity index (χ4n) is 3.38. The number of nitrogens with zero attached hydrogens (tertiary/aromatic N) is 3. The van der Waals surface area contributed by atoms with Gasteiger partial charge in [0, 0.05) is 18.1 Å².